The first-order chi connectivity index (χ1) is 8.02. The molecule has 1 heterocycles. The number of nitrogens with one attached hydrogen (secondary N) is 1. The minimum Gasteiger partial charge on any atom is -0.323 e. The number of carbonyl (C=O) groups is 1. The van der Waals surface area contributed by atoms with Crippen LogP contribution in [-0.4, -0.2) is 29.1 Å². The lowest BCUT2D eigenvalue weighted by molar-refractivity contribution is -0.134. The maximum atomic E-state index is 12.2. The van der Waals surface area contributed by atoms with Crippen LogP contribution in [0.5, 0.6) is 0 Å². The van der Waals surface area contributed by atoms with E-state index in [4.69, 9.17) is 0 Å². The summed E-state index contributed by atoms with van der Waals surface area (Å²) in [5.74, 6) is 1.66. The van der Waals surface area contributed by atoms with Gasteiger partial charge in [0.25, 0.3) is 0 Å². The third kappa shape index (κ3) is 2.35. The van der Waals surface area contributed by atoms with Crippen LogP contribution in [0, 0.1) is 11.8 Å². The van der Waals surface area contributed by atoms with Gasteiger partial charge in [-0.2, -0.15) is 0 Å². The lowest BCUT2D eigenvalue weighted by Crippen LogP contribution is -2.49. The highest BCUT2D eigenvalue weighted by Crippen LogP contribution is 2.35. The summed E-state index contributed by atoms with van der Waals surface area (Å²) >= 11 is 0. The fourth-order valence-corrected chi connectivity index (χ4v) is 3.64. The molecule has 1 N–H and O–H groups in total. The molecule has 0 aromatic heterocycles. The fraction of sp³-hybridized carbons (Fsp3) is 0.929. The molecule has 1 aliphatic heterocycles. The Kier molecular flexibility index (Phi) is 3.76. The molecule has 2 rings (SSSR count). The van der Waals surface area contributed by atoms with Gasteiger partial charge >= 0.3 is 0 Å². The minimum absolute atomic E-state index is 0.000242. The topological polar surface area (TPSA) is 32.3 Å². The Hall–Kier alpha value is -0.570. The van der Waals surface area contributed by atoms with E-state index in [-0.39, 0.29) is 12.2 Å². The molecular weight excluding hydrogens is 212 g/mol. The summed E-state index contributed by atoms with van der Waals surface area (Å²) < 4.78 is 0. The van der Waals surface area contributed by atoms with Crippen LogP contribution < -0.4 is 5.32 Å². The highest BCUT2D eigenvalue weighted by molar-refractivity contribution is 5.84. The van der Waals surface area contributed by atoms with E-state index in [1.54, 1.807) is 0 Å². The van der Waals surface area contributed by atoms with E-state index in [1.165, 1.54) is 25.7 Å². The molecule has 0 aromatic rings. The molecule has 1 aliphatic carbocycles. The standard InChI is InChI=1S/C14H26N2O/c1-9(2)12-7-5-6-8-13(12)16-11(4)15-10(3)14(16)17/h9-13,15H,5-8H2,1-4H3. The molecular formula is C14H26N2O. The predicted molar refractivity (Wildman–Crippen MR) is 69.5 cm³/mol. The molecule has 0 radical (unpaired) electrons. The minimum atomic E-state index is -0.000242. The molecule has 1 saturated carbocycles. The number of hydrogen-bond donors (Lipinski definition) is 1. The fourth-order valence-electron chi connectivity index (χ4n) is 3.64. The summed E-state index contributed by atoms with van der Waals surface area (Å²) in [7, 11) is 0. The summed E-state index contributed by atoms with van der Waals surface area (Å²) in [6.45, 7) is 8.69. The molecule has 1 saturated heterocycles. The molecule has 1 amide bonds. The van der Waals surface area contributed by atoms with Gasteiger partial charge in [0, 0.05) is 6.04 Å². The first kappa shape index (κ1) is 12.9. The van der Waals surface area contributed by atoms with Gasteiger partial charge in [0.05, 0.1) is 12.2 Å². The largest absolute Gasteiger partial charge is 0.323 e. The third-order valence-corrected chi connectivity index (χ3v) is 4.53. The van der Waals surface area contributed by atoms with Crippen LogP contribution >= 0.6 is 0 Å². The van der Waals surface area contributed by atoms with Gasteiger partial charge in [0.1, 0.15) is 0 Å². The summed E-state index contributed by atoms with van der Waals surface area (Å²) in [6, 6.07) is 0.462. The second-order valence-electron chi connectivity index (χ2n) is 6.07. The van der Waals surface area contributed by atoms with E-state index >= 15 is 0 Å². The van der Waals surface area contributed by atoms with E-state index < -0.39 is 0 Å². The second kappa shape index (κ2) is 4.97. The number of rotatable bonds is 2. The average Bonchev–Trinajstić information content (AvgIpc) is 2.53. The lowest BCUT2D eigenvalue weighted by atomic mass is 9.77. The van der Waals surface area contributed by atoms with Gasteiger partial charge in [0.15, 0.2) is 0 Å². The normalized spacial score (nSPS) is 39.1. The first-order valence-corrected chi connectivity index (χ1v) is 7.10. The molecule has 0 spiro atoms. The monoisotopic (exact) mass is 238 g/mol. The van der Waals surface area contributed by atoms with Crippen molar-refractivity contribution >= 4 is 5.91 Å². The summed E-state index contributed by atoms with van der Waals surface area (Å²) in [4.78, 5) is 14.4. The number of amides is 1. The van der Waals surface area contributed by atoms with Crippen LogP contribution in [0.2, 0.25) is 0 Å². The van der Waals surface area contributed by atoms with Crippen molar-refractivity contribution in [2.75, 3.05) is 0 Å². The summed E-state index contributed by atoms with van der Waals surface area (Å²) in [6.07, 6.45) is 5.29. The van der Waals surface area contributed by atoms with Crippen molar-refractivity contribution in [1.82, 2.24) is 10.2 Å². The smallest absolute Gasteiger partial charge is 0.240 e. The summed E-state index contributed by atoms with van der Waals surface area (Å²) in [5, 5.41) is 3.35. The van der Waals surface area contributed by atoms with E-state index in [0.29, 0.717) is 23.8 Å². The Morgan fingerprint density at radius 2 is 1.88 bits per heavy atom. The molecule has 17 heavy (non-hydrogen) atoms. The van der Waals surface area contributed by atoms with Crippen molar-refractivity contribution in [1.29, 1.82) is 0 Å². The van der Waals surface area contributed by atoms with Crippen molar-refractivity contribution < 1.29 is 4.79 Å². The highest BCUT2D eigenvalue weighted by Gasteiger charge is 2.42. The van der Waals surface area contributed by atoms with Crippen molar-refractivity contribution in [3.8, 4) is 0 Å². The Balaban J connectivity index is 2.16. The molecule has 4 atom stereocenters. The van der Waals surface area contributed by atoms with Gasteiger partial charge in [-0.3, -0.25) is 10.1 Å². The molecule has 2 aliphatic rings. The average molecular weight is 238 g/mol. The Labute approximate surface area is 105 Å². The summed E-state index contributed by atoms with van der Waals surface area (Å²) in [5.41, 5.74) is 0. The Morgan fingerprint density at radius 1 is 1.24 bits per heavy atom. The van der Waals surface area contributed by atoms with Crippen LogP contribution in [0.3, 0.4) is 0 Å². The quantitative estimate of drug-likeness (QED) is 0.801. The molecule has 3 nitrogen and oxygen atoms in total. The van der Waals surface area contributed by atoms with Gasteiger partial charge in [0.2, 0.25) is 5.91 Å². The lowest BCUT2D eigenvalue weighted by Gasteiger charge is -2.41. The van der Waals surface area contributed by atoms with Crippen LogP contribution in [0.1, 0.15) is 53.4 Å². The second-order valence-corrected chi connectivity index (χ2v) is 6.07. The van der Waals surface area contributed by atoms with Crippen molar-refractivity contribution in [3.05, 3.63) is 0 Å². The molecule has 0 aromatic carbocycles. The van der Waals surface area contributed by atoms with Crippen LogP contribution in [-0.2, 0) is 4.79 Å². The molecule has 4 unspecified atom stereocenters. The maximum Gasteiger partial charge on any atom is 0.240 e. The van der Waals surface area contributed by atoms with Crippen LogP contribution in [0.4, 0.5) is 0 Å². The van der Waals surface area contributed by atoms with E-state index in [2.05, 4.69) is 31.0 Å². The maximum absolute atomic E-state index is 12.2. The molecule has 3 heteroatoms. The van der Waals surface area contributed by atoms with Crippen LogP contribution in [0.25, 0.3) is 0 Å². The SMILES string of the molecule is CC1NC(C)N(C2CCCCC2C(C)C)C1=O. The van der Waals surface area contributed by atoms with Crippen molar-refractivity contribution in [2.45, 2.75) is 71.6 Å². The van der Waals surface area contributed by atoms with E-state index in [1.807, 2.05) is 6.92 Å². The Morgan fingerprint density at radius 3 is 2.41 bits per heavy atom. The first-order valence-electron chi connectivity index (χ1n) is 7.10. The zero-order valence-electron chi connectivity index (χ0n) is 11.6. The van der Waals surface area contributed by atoms with E-state index in [0.717, 1.165) is 0 Å². The van der Waals surface area contributed by atoms with Gasteiger partial charge in [-0.25, -0.2) is 0 Å². The molecule has 0 bridgehead atoms. The predicted octanol–water partition coefficient (Wildman–Crippen LogP) is 2.37. The zero-order valence-corrected chi connectivity index (χ0v) is 11.6. The highest BCUT2D eigenvalue weighted by atomic mass is 16.2. The van der Waals surface area contributed by atoms with Crippen molar-refractivity contribution in [3.63, 3.8) is 0 Å². The van der Waals surface area contributed by atoms with Crippen LogP contribution in [0.15, 0.2) is 0 Å². The van der Waals surface area contributed by atoms with Gasteiger partial charge in [-0.15, -0.1) is 0 Å². The number of carbonyl (C=O) groups excluding carboxylic acids is 1. The zero-order chi connectivity index (χ0) is 12.6. The third-order valence-electron chi connectivity index (χ3n) is 4.53. The van der Waals surface area contributed by atoms with Gasteiger partial charge < -0.3 is 4.90 Å². The van der Waals surface area contributed by atoms with Crippen molar-refractivity contribution in [2.24, 2.45) is 11.8 Å². The van der Waals surface area contributed by atoms with Gasteiger partial charge in [-0.1, -0.05) is 26.7 Å². The van der Waals surface area contributed by atoms with Gasteiger partial charge in [-0.05, 0) is 38.5 Å². The Bertz CT molecular complexity index is 290. The number of nitrogens with zero attached hydrogens (tertiary/aromatic N) is 1. The molecule has 98 valence electrons. The number of hydrogen-bond acceptors (Lipinski definition) is 2. The van der Waals surface area contributed by atoms with E-state index in [9.17, 15) is 4.79 Å². The molecule has 2 fully saturated rings.